The predicted molar refractivity (Wildman–Crippen MR) is 137 cm³/mol. The Kier molecular flexibility index (Phi) is 8.31. The largest absolute Gasteiger partial charge is 0.497 e. The summed E-state index contributed by atoms with van der Waals surface area (Å²) in [5.41, 5.74) is 2.10. The number of piperidine rings is 1. The van der Waals surface area contributed by atoms with Gasteiger partial charge in [-0.25, -0.2) is 8.42 Å². The topological polar surface area (TPSA) is 96.0 Å². The highest BCUT2D eigenvalue weighted by atomic mass is 32.2. The third-order valence-corrected chi connectivity index (χ3v) is 9.09. The molecule has 8 nitrogen and oxygen atoms in total. The zero-order valence-electron chi connectivity index (χ0n) is 21.0. The number of carbonyl (C=O) groups excluding carboxylic acids is 2. The van der Waals surface area contributed by atoms with Gasteiger partial charge in [-0.15, -0.1) is 0 Å². The fourth-order valence-corrected chi connectivity index (χ4v) is 6.45. The van der Waals surface area contributed by atoms with Gasteiger partial charge in [-0.05, 0) is 68.9 Å². The van der Waals surface area contributed by atoms with E-state index >= 15 is 0 Å². The Morgan fingerprint density at radius 1 is 0.972 bits per heavy atom. The predicted octanol–water partition coefficient (Wildman–Crippen LogP) is 2.75. The van der Waals surface area contributed by atoms with Crippen LogP contribution in [0.3, 0.4) is 0 Å². The first-order valence-corrected chi connectivity index (χ1v) is 14.0. The normalized spacial score (nSPS) is 19.3. The molecule has 0 radical (unpaired) electrons. The van der Waals surface area contributed by atoms with Crippen molar-refractivity contribution in [3.05, 3.63) is 59.7 Å². The second-order valence-corrected chi connectivity index (χ2v) is 11.5. The van der Waals surface area contributed by atoms with E-state index < -0.39 is 16.1 Å². The average molecular weight is 514 g/mol. The number of nitrogens with one attached hydrogen (secondary N) is 1. The maximum atomic E-state index is 13.3. The van der Waals surface area contributed by atoms with Crippen LogP contribution in [0.1, 0.15) is 36.8 Å². The van der Waals surface area contributed by atoms with Crippen molar-refractivity contribution in [2.75, 3.05) is 33.3 Å². The first-order valence-electron chi connectivity index (χ1n) is 12.6. The van der Waals surface area contributed by atoms with E-state index in [0.29, 0.717) is 51.9 Å². The first kappa shape index (κ1) is 26.2. The molecular formula is C27H35N3O5S. The van der Waals surface area contributed by atoms with Crippen molar-refractivity contribution < 1.29 is 22.7 Å². The Morgan fingerprint density at radius 2 is 1.64 bits per heavy atom. The fraction of sp³-hybridized carbons (Fsp3) is 0.481. The van der Waals surface area contributed by atoms with Gasteiger partial charge in [0.25, 0.3) is 0 Å². The molecule has 36 heavy (non-hydrogen) atoms. The Labute approximate surface area is 213 Å². The molecule has 0 bridgehead atoms. The van der Waals surface area contributed by atoms with Crippen LogP contribution in [0.25, 0.3) is 0 Å². The van der Waals surface area contributed by atoms with E-state index in [9.17, 15) is 18.0 Å². The summed E-state index contributed by atoms with van der Waals surface area (Å²) in [5.74, 6) is 0.382. The van der Waals surface area contributed by atoms with Crippen molar-refractivity contribution in [2.24, 2.45) is 5.92 Å². The van der Waals surface area contributed by atoms with E-state index in [1.807, 2.05) is 31.2 Å². The van der Waals surface area contributed by atoms with Gasteiger partial charge in [0.2, 0.25) is 21.8 Å². The van der Waals surface area contributed by atoms with Gasteiger partial charge in [0, 0.05) is 32.1 Å². The summed E-state index contributed by atoms with van der Waals surface area (Å²) in [5, 5.41) is 2.99. The molecule has 2 amide bonds. The summed E-state index contributed by atoms with van der Waals surface area (Å²) in [6.45, 7) is 3.59. The van der Waals surface area contributed by atoms with Gasteiger partial charge in [-0.1, -0.05) is 29.8 Å². The van der Waals surface area contributed by atoms with Gasteiger partial charge in [0.15, 0.2) is 0 Å². The Bertz CT molecular complexity index is 1160. The number of ether oxygens (including phenoxy) is 1. The standard InChI is InChI=1S/C27H35N3O5S/c1-20-5-11-24(12-6-20)36(33,34)29-18-14-22(15-19-29)27(32)30-17-3-4-25(30)26(31)28-16-13-21-7-9-23(35-2)10-8-21/h5-12,22,25H,3-4,13-19H2,1-2H3,(H,28,31). The van der Waals surface area contributed by atoms with E-state index in [2.05, 4.69) is 5.32 Å². The second-order valence-electron chi connectivity index (χ2n) is 9.57. The molecule has 2 aliphatic heterocycles. The number of amides is 2. The number of rotatable bonds is 8. The number of hydrogen-bond acceptors (Lipinski definition) is 5. The van der Waals surface area contributed by atoms with Crippen LogP contribution in [-0.2, 0) is 26.0 Å². The lowest BCUT2D eigenvalue weighted by atomic mass is 9.96. The molecule has 2 aromatic rings. The molecule has 2 aliphatic rings. The highest BCUT2D eigenvalue weighted by Crippen LogP contribution is 2.28. The first-order chi connectivity index (χ1) is 17.3. The van der Waals surface area contributed by atoms with Crippen molar-refractivity contribution in [1.29, 1.82) is 0 Å². The third-order valence-electron chi connectivity index (χ3n) is 7.17. The zero-order chi connectivity index (χ0) is 25.7. The molecule has 1 atom stereocenters. The maximum Gasteiger partial charge on any atom is 0.243 e. The second kappa shape index (κ2) is 11.4. The number of benzene rings is 2. The van der Waals surface area contributed by atoms with E-state index in [0.717, 1.165) is 23.3 Å². The Balaban J connectivity index is 1.28. The highest BCUT2D eigenvalue weighted by Gasteiger charge is 2.39. The molecule has 0 aliphatic carbocycles. The Morgan fingerprint density at radius 3 is 2.28 bits per heavy atom. The molecule has 194 valence electrons. The molecule has 2 heterocycles. The molecule has 4 rings (SSSR count). The van der Waals surface area contributed by atoms with Crippen LogP contribution < -0.4 is 10.1 Å². The van der Waals surface area contributed by atoms with Crippen molar-refractivity contribution in [2.45, 2.75) is 50.0 Å². The van der Waals surface area contributed by atoms with Crippen LogP contribution >= 0.6 is 0 Å². The molecule has 0 aromatic heterocycles. The van der Waals surface area contributed by atoms with Crippen LogP contribution in [0.4, 0.5) is 0 Å². The summed E-state index contributed by atoms with van der Waals surface area (Å²) >= 11 is 0. The van der Waals surface area contributed by atoms with E-state index in [4.69, 9.17) is 4.74 Å². The smallest absolute Gasteiger partial charge is 0.243 e. The number of carbonyl (C=O) groups is 2. The number of methoxy groups -OCH3 is 1. The number of sulfonamides is 1. The lowest BCUT2D eigenvalue weighted by Gasteiger charge is -2.34. The van der Waals surface area contributed by atoms with E-state index in [1.165, 1.54) is 4.31 Å². The number of likely N-dealkylation sites (tertiary alicyclic amines) is 1. The quantitative estimate of drug-likeness (QED) is 0.586. The van der Waals surface area contributed by atoms with Gasteiger partial charge in [0.05, 0.1) is 12.0 Å². The molecule has 2 aromatic carbocycles. The Hall–Kier alpha value is -2.91. The molecule has 2 saturated heterocycles. The fourth-order valence-electron chi connectivity index (χ4n) is 4.98. The van der Waals surface area contributed by atoms with E-state index in [1.54, 1.807) is 36.3 Å². The van der Waals surface area contributed by atoms with Crippen LogP contribution in [-0.4, -0.2) is 68.8 Å². The van der Waals surface area contributed by atoms with Gasteiger partial charge >= 0.3 is 0 Å². The van der Waals surface area contributed by atoms with Gasteiger partial charge in [0.1, 0.15) is 11.8 Å². The summed E-state index contributed by atoms with van der Waals surface area (Å²) in [7, 11) is -1.95. The molecule has 0 spiro atoms. The lowest BCUT2D eigenvalue weighted by molar-refractivity contribution is -0.142. The minimum atomic E-state index is -3.57. The third kappa shape index (κ3) is 5.90. The average Bonchev–Trinajstić information content (AvgIpc) is 3.39. The van der Waals surface area contributed by atoms with Gasteiger partial charge in [-0.2, -0.15) is 4.31 Å². The van der Waals surface area contributed by atoms with Crippen LogP contribution in [0.2, 0.25) is 0 Å². The SMILES string of the molecule is COc1ccc(CCNC(=O)C2CCCN2C(=O)C2CCN(S(=O)(=O)c3ccc(C)cc3)CC2)cc1. The molecule has 1 unspecified atom stereocenters. The minimum absolute atomic E-state index is 0.0322. The highest BCUT2D eigenvalue weighted by molar-refractivity contribution is 7.89. The number of aryl methyl sites for hydroxylation is 1. The van der Waals surface area contributed by atoms with Crippen LogP contribution in [0.5, 0.6) is 5.75 Å². The monoisotopic (exact) mass is 513 g/mol. The van der Waals surface area contributed by atoms with Crippen molar-refractivity contribution in [3.63, 3.8) is 0 Å². The molecular weight excluding hydrogens is 478 g/mol. The van der Waals surface area contributed by atoms with E-state index in [-0.39, 0.29) is 22.6 Å². The minimum Gasteiger partial charge on any atom is -0.497 e. The molecule has 2 fully saturated rings. The van der Waals surface area contributed by atoms with Crippen LogP contribution in [0, 0.1) is 12.8 Å². The summed E-state index contributed by atoms with van der Waals surface area (Å²) in [4.78, 5) is 28.2. The van der Waals surface area contributed by atoms with Gasteiger partial charge in [-0.3, -0.25) is 9.59 Å². The van der Waals surface area contributed by atoms with Crippen molar-refractivity contribution in [1.82, 2.24) is 14.5 Å². The summed E-state index contributed by atoms with van der Waals surface area (Å²) < 4.78 is 32.6. The summed E-state index contributed by atoms with van der Waals surface area (Å²) in [6, 6.07) is 14.1. The lowest BCUT2D eigenvalue weighted by Crippen LogP contribution is -2.50. The molecule has 0 saturated carbocycles. The maximum absolute atomic E-state index is 13.3. The summed E-state index contributed by atoms with van der Waals surface area (Å²) in [6.07, 6.45) is 3.08. The number of nitrogens with zero attached hydrogens (tertiary/aromatic N) is 2. The van der Waals surface area contributed by atoms with Crippen molar-refractivity contribution in [3.8, 4) is 5.75 Å². The number of hydrogen-bond donors (Lipinski definition) is 1. The van der Waals surface area contributed by atoms with Crippen molar-refractivity contribution >= 4 is 21.8 Å². The molecule has 1 N–H and O–H groups in total. The van der Waals surface area contributed by atoms with Gasteiger partial charge < -0.3 is 15.0 Å². The van der Waals surface area contributed by atoms with Crippen LogP contribution in [0.15, 0.2) is 53.4 Å². The zero-order valence-corrected chi connectivity index (χ0v) is 21.8. The molecule has 9 heteroatoms.